The molecule has 138 valence electrons. The van der Waals surface area contributed by atoms with Gasteiger partial charge in [-0.05, 0) is 40.6 Å². The number of tetrazole rings is 1. The number of benzene rings is 3. The lowest BCUT2D eigenvalue weighted by Gasteiger charge is -2.09. The van der Waals surface area contributed by atoms with Gasteiger partial charge in [0.1, 0.15) is 24.6 Å². The van der Waals surface area contributed by atoms with Gasteiger partial charge in [-0.25, -0.2) is 0 Å². The van der Waals surface area contributed by atoms with Crippen LogP contribution in [0.1, 0.15) is 22.9 Å². The maximum atomic E-state index is 11.7. The van der Waals surface area contributed by atoms with E-state index in [1.54, 1.807) is 0 Å². The minimum absolute atomic E-state index is 0.358. The van der Waals surface area contributed by atoms with Gasteiger partial charge in [-0.2, -0.15) is 0 Å². The third-order valence-electron chi connectivity index (χ3n) is 4.32. The van der Waals surface area contributed by atoms with Crippen molar-refractivity contribution in [3.63, 3.8) is 0 Å². The Morgan fingerprint density at radius 3 is 2.25 bits per heavy atom. The van der Waals surface area contributed by atoms with E-state index in [2.05, 4.69) is 15.4 Å². The van der Waals surface area contributed by atoms with Crippen LogP contribution >= 0.6 is 0 Å². The molecule has 0 aliphatic rings. The van der Waals surface area contributed by atoms with E-state index in [1.807, 2.05) is 84.9 Å². The molecule has 0 aliphatic carbocycles. The van der Waals surface area contributed by atoms with Crippen LogP contribution in [0.2, 0.25) is 0 Å². The third kappa shape index (κ3) is 3.96. The van der Waals surface area contributed by atoms with Crippen molar-refractivity contribution in [2.45, 2.75) is 12.5 Å². The fourth-order valence-electron chi connectivity index (χ4n) is 2.82. The van der Waals surface area contributed by atoms with Gasteiger partial charge in [-0.1, -0.05) is 60.7 Å². The second kappa shape index (κ2) is 8.26. The van der Waals surface area contributed by atoms with Crippen molar-refractivity contribution in [3.05, 3.63) is 102 Å². The van der Waals surface area contributed by atoms with E-state index in [1.165, 1.54) is 4.80 Å². The lowest BCUT2D eigenvalue weighted by Crippen LogP contribution is -2.06. The van der Waals surface area contributed by atoms with Gasteiger partial charge in [0, 0.05) is 0 Å². The Morgan fingerprint density at radius 1 is 0.893 bits per heavy atom. The normalized spacial score (nSPS) is 11.7. The van der Waals surface area contributed by atoms with Crippen molar-refractivity contribution in [1.82, 2.24) is 20.2 Å². The molecule has 0 saturated heterocycles. The van der Waals surface area contributed by atoms with E-state index in [0.29, 0.717) is 12.4 Å². The lowest BCUT2D eigenvalue weighted by atomic mass is 10.00. The monoisotopic (exact) mass is 370 g/mol. The molecule has 1 unspecified atom stereocenters. The van der Waals surface area contributed by atoms with Crippen LogP contribution in [0.25, 0.3) is 5.69 Å². The predicted molar refractivity (Wildman–Crippen MR) is 104 cm³/mol. The molecule has 0 saturated carbocycles. The van der Waals surface area contributed by atoms with Crippen LogP contribution in [-0.2, 0) is 11.4 Å². The SMILES string of the molecule is O=CC(c1ccc(OCc2ccccc2)cc1)c1nnn(-c2ccccc2)n1. The van der Waals surface area contributed by atoms with E-state index in [0.717, 1.165) is 28.8 Å². The zero-order valence-electron chi connectivity index (χ0n) is 15.1. The van der Waals surface area contributed by atoms with Gasteiger partial charge in [0.05, 0.1) is 5.69 Å². The van der Waals surface area contributed by atoms with E-state index in [9.17, 15) is 4.79 Å². The van der Waals surface area contributed by atoms with Gasteiger partial charge in [0.25, 0.3) is 0 Å². The number of ether oxygens (including phenoxy) is 1. The van der Waals surface area contributed by atoms with Crippen molar-refractivity contribution < 1.29 is 9.53 Å². The van der Waals surface area contributed by atoms with Crippen LogP contribution in [0.5, 0.6) is 5.75 Å². The Hall–Kier alpha value is -3.80. The van der Waals surface area contributed by atoms with Gasteiger partial charge in [0.2, 0.25) is 0 Å². The summed E-state index contributed by atoms with van der Waals surface area (Å²) in [6.07, 6.45) is 0.826. The maximum Gasteiger partial charge on any atom is 0.189 e. The Morgan fingerprint density at radius 2 is 1.57 bits per heavy atom. The Labute approximate surface area is 162 Å². The molecule has 3 aromatic carbocycles. The van der Waals surface area contributed by atoms with Crippen molar-refractivity contribution >= 4 is 6.29 Å². The maximum absolute atomic E-state index is 11.7. The molecule has 0 spiro atoms. The van der Waals surface area contributed by atoms with Crippen molar-refractivity contribution in [2.24, 2.45) is 0 Å². The Kier molecular flexibility index (Phi) is 5.20. The second-order valence-electron chi connectivity index (χ2n) is 6.23. The number of carbonyl (C=O) groups excluding carboxylic acids is 1. The Bertz CT molecular complexity index is 1030. The van der Waals surface area contributed by atoms with E-state index in [-0.39, 0.29) is 0 Å². The summed E-state index contributed by atoms with van der Waals surface area (Å²) >= 11 is 0. The molecular formula is C22H18N4O2. The second-order valence-corrected chi connectivity index (χ2v) is 6.23. The summed E-state index contributed by atoms with van der Waals surface area (Å²) in [5.41, 5.74) is 2.67. The molecule has 6 nitrogen and oxygen atoms in total. The van der Waals surface area contributed by atoms with Crippen LogP contribution in [0, 0.1) is 0 Å². The van der Waals surface area contributed by atoms with E-state index in [4.69, 9.17) is 4.74 Å². The van der Waals surface area contributed by atoms with Crippen LogP contribution < -0.4 is 4.74 Å². The highest BCUT2D eigenvalue weighted by atomic mass is 16.5. The highest BCUT2D eigenvalue weighted by Gasteiger charge is 2.19. The van der Waals surface area contributed by atoms with Gasteiger partial charge in [-0.15, -0.1) is 15.0 Å². The number of rotatable bonds is 7. The molecule has 28 heavy (non-hydrogen) atoms. The van der Waals surface area contributed by atoms with Gasteiger partial charge in [0.15, 0.2) is 5.82 Å². The highest BCUT2D eigenvalue weighted by molar-refractivity contribution is 5.66. The van der Waals surface area contributed by atoms with Crippen LogP contribution in [0.4, 0.5) is 0 Å². The van der Waals surface area contributed by atoms with Crippen molar-refractivity contribution in [1.29, 1.82) is 0 Å². The molecular weight excluding hydrogens is 352 g/mol. The van der Waals surface area contributed by atoms with Crippen LogP contribution in [0.15, 0.2) is 84.9 Å². The summed E-state index contributed by atoms with van der Waals surface area (Å²) in [4.78, 5) is 13.1. The summed E-state index contributed by atoms with van der Waals surface area (Å²) in [7, 11) is 0. The molecule has 4 rings (SSSR count). The first-order valence-corrected chi connectivity index (χ1v) is 8.91. The molecule has 0 radical (unpaired) electrons. The number of aromatic nitrogens is 4. The lowest BCUT2D eigenvalue weighted by molar-refractivity contribution is -0.108. The van der Waals surface area contributed by atoms with E-state index < -0.39 is 5.92 Å². The van der Waals surface area contributed by atoms with Crippen molar-refractivity contribution in [3.8, 4) is 11.4 Å². The zero-order chi connectivity index (χ0) is 19.2. The minimum Gasteiger partial charge on any atom is -0.489 e. The van der Waals surface area contributed by atoms with E-state index >= 15 is 0 Å². The molecule has 1 atom stereocenters. The smallest absolute Gasteiger partial charge is 0.189 e. The first kappa shape index (κ1) is 17.6. The van der Waals surface area contributed by atoms with Crippen LogP contribution in [-0.4, -0.2) is 26.5 Å². The largest absolute Gasteiger partial charge is 0.489 e. The topological polar surface area (TPSA) is 69.9 Å². The number of carbonyl (C=O) groups is 1. The number of hydrogen-bond donors (Lipinski definition) is 0. The van der Waals surface area contributed by atoms with Gasteiger partial charge < -0.3 is 9.53 Å². The van der Waals surface area contributed by atoms with Crippen LogP contribution in [0.3, 0.4) is 0 Å². The standard InChI is InChI=1S/C22H18N4O2/c27-15-21(22-23-25-26(24-22)19-9-5-2-6-10-19)18-11-13-20(14-12-18)28-16-17-7-3-1-4-8-17/h1-15,21H,16H2. The fourth-order valence-corrected chi connectivity index (χ4v) is 2.82. The molecule has 0 fully saturated rings. The first-order chi connectivity index (χ1) is 13.8. The quantitative estimate of drug-likeness (QED) is 0.465. The predicted octanol–water partition coefficient (Wildman–Crippen LogP) is 3.57. The number of hydrogen-bond acceptors (Lipinski definition) is 5. The summed E-state index contributed by atoms with van der Waals surface area (Å²) in [5, 5.41) is 12.5. The summed E-state index contributed by atoms with van der Waals surface area (Å²) in [6.45, 7) is 0.490. The fraction of sp³-hybridized carbons (Fsp3) is 0.0909. The van der Waals surface area contributed by atoms with Gasteiger partial charge in [-0.3, -0.25) is 0 Å². The summed E-state index contributed by atoms with van der Waals surface area (Å²) in [5.74, 6) is 0.510. The number of nitrogens with zero attached hydrogens (tertiary/aromatic N) is 4. The molecule has 1 heterocycles. The molecule has 1 aromatic heterocycles. The Balaban J connectivity index is 1.48. The molecule has 0 amide bonds. The third-order valence-corrected chi connectivity index (χ3v) is 4.32. The average molecular weight is 370 g/mol. The summed E-state index contributed by atoms with van der Waals surface area (Å²) < 4.78 is 5.79. The first-order valence-electron chi connectivity index (χ1n) is 8.91. The number of aldehydes is 1. The highest BCUT2D eigenvalue weighted by Crippen LogP contribution is 2.23. The average Bonchev–Trinajstić information content (AvgIpc) is 3.25. The zero-order valence-corrected chi connectivity index (χ0v) is 15.1. The molecule has 0 N–H and O–H groups in total. The summed E-state index contributed by atoms with van der Waals surface area (Å²) in [6, 6.07) is 26.8. The van der Waals surface area contributed by atoms with Crippen molar-refractivity contribution in [2.75, 3.05) is 0 Å². The minimum atomic E-state index is -0.583. The molecule has 4 aromatic rings. The molecule has 0 aliphatic heterocycles. The molecule has 6 heteroatoms. The molecule has 0 bridgehead atoms. The number of para-hydroxylation sites is 1. The van der Waals surface area contributed by atoms with Gasteiger partial charge >= 0.3 is 0 Å².